The topological polar surface area (TPSA) is 143 Å². The Kier molecular flexibility index (Phi) is 7.53. The Balaban J connectivity index is 1.24. The highest BCUT2D eigenvalue weighted by molar-refractivity contribution is 5.83. The van der Waals surface area contributed by atoms with Gasteiger partial charge in [0.1, 0.15) is 24.9 Å². The van der Waals surface area contributed by atoms with Crippen molar-refractivity contribution >= 4 is 11.8 Å². The summed E-state index contributed by atoms with van der Waals surface area (Å²) in [4.78, 5) is 25.4. The van der Waals surface area contributed by atoms with Crippen LogP contribution in [0, 0.1) is 40.4 Å². The van der Waals surface area contributed by atoms with Crippen molar-refractivity contribution in [2.75, 3.05) is 13.7 Å². The molecule has 0 bridgehead atoms. The van der Waals surface area contributed by atoms with Gasteiger partial charge >= 0.3 is 5.97 Å². The number of methoxy groups -OCH3 is 1. The molecule has 9 heteroatoms. The maximum absolute atomic E-state index is 13.5. The molecule has 9 nitrogen and oxygen atoms in total. The average molecular weight is 525 g/mol. The maximum Gasteiger partial charge on any atom is 0.337 e. The quantitative estimate of drug-likeness (QED) is 0.394. The molecule has 0 unspecified atom stereocenters. The van der Waals surface area contributed by atoms with Crippen LogP contribution in [0.4, 0.5) is 0 Å². The number of ether oxygens (including phenoxy) is 3. The molecule has 5 fully saturated rings. The van der Waals surface area contributed by atoms with E-state index in [1.54, 1.807) is 0 Å². The van der Waals surface area contributed by atoms with E-state index in [1.807, 2.05) is 0 Å². The maximum atomic E-state index is 13.5. The number of hydrogen-bond donors (Lipinski definition) is 4. The van der Waals surface area contributed by atoms with Gasteiger partial charge in [-0.2, -0.15) is 0 Å². The fourth-order valence-corrected chi connectivity index (χ4v) is 9.33. The Morgan fingerprint density at radius 1 is 0.865 bits per heavy atom. The molecule has 5 rings (SSSR count). The van der Waals surface area contributed by atoms with E-state index in [9.17, 15) is 30.0 Å². The van der Waals surface area contributed by atoms with E-state index in [-0.39, 0.29) is 35.2 Å². The van der Waals surface area contributed by atoms with E-state index in [0.29, 0.717) is 23.7 Å². The highest BCUT2D eigenvalue weighted by atomic mass is 16.7. The summed E-state index contributed by atoms with van der Waals surface area (Å²) in [6, 6.07) is 0. The van der Waals surface area contributed by atoms with Crippen molar-refractivity contribution in [3.63, 3.8) is 0 Å². The third kappa shape index (κ3) is 4.47. The van der Waals surface area contributed by atoms with Crippen LogP contribution in [0.3, 0.4) is 0 Å². The minimum Gasteiger partial charge on any atom is -0.467 e. The number of carbonyl (C=O) groups excluding carboxylic acids is 2. The Morgan fingerprint density at radius 2 is 1.57 bits per heavy atom. The van der Waals surface area contributed by atoms with E-state index in [2.05, 4.69) is 18.6 Å². The number of hydrogen-bond acceptors (Lipinski definition) is 9. The zero-order valence-electron chi connectivity index (χ0n) is 22.3. The van der Waals surface area contributed by atoms with E-state index < -0.39 is 36.7 Å². The molecule has 4 aliphatic carbocycles. The lowest BCUT2D eigenvalue weighted by Gasteiger charge is -2.60. The summed E-state index contributed by atoms with van der Waals surface area (Å²) in [7, 11) is 1.13. The number of aliphatic hydroxyl groups is 4. The summed E-state index contributed by atoms with van der Waals surface area (Å²) in [5, 5.41) is 40.8. The first-order valence-corrected chi connectivity index (χ1v) is 14.1. The number of Topliss-reactive ketones (excluding diaryl/α,β-unsaturated/α-hetero) is 1. The molecule has 1 saturated heterocycles. The van der Waals surface area contributed by atoms with Gasteiger partial charge in [0.15, 0.2) is 18.2 Å². The number of rotatable bonds is 5. The Hall–Kier alpha value is -1.10. The summed E-state index contributed by atoms with van der Waals surface area (Å²) in [5.74, 6) is 1.25. The third-order valence-corrected chi connectivity index (χ3v) is 11.4. The Labute approximate surface area is 218 Å². The lowest BCUT2D eigenvalue weighted by molar-refractivity contribution is -0.293. The van der Waals surface area contributed by atoms with Gasteiger partial charge in [-0.05, 0) is 92.3 Å². The SMILES string of the molecule is COC(=O)[C@@H]1O[C@H](OCC(=O)[C@@H]2CC[C@@H]3[C@@H]4CC[C@@H]5C[C@H](O)CC[C@]5(C)[C@H]4CC[C@]32C)[C@@H](O)[C@H](O)[C@H]1O. The fraction of sp³-hybridized carbons (Fsp3) is 0.929. The monoisotopic (exact) mass is 524 g/mol. The summed E-state index contributed by atoms with van der Waals surface area (Å²) >= 11 is 0. The largest absolute Gasteiger partial charge is 0.467 e. The molecule has 210 valence electrons. The summed E-state index contributed by atoms with van der Waals surface area (Å²) in [6.45, 7) is 4.43. The zero-order valence-corrected chi connectivity index (χ0v) is 22.3. The minimum atomic E-state index is -1.67. The molecule has 4 saturated carbocycles. The molecular formula is C28H44O9. The van der Waals surface area contributed by atoms with Gasteiger partial charge in [-0.15, -0.1) is 0 Å². The molecule has 0 radical (unpaired) electrons. The van der Waals surface area contributed by atoms with E-state index in [0.717, 1.165) is 58.5 Å². The molecule has 0 aromatic rings. The summed E-state index contributed by atoms with van der Waals surface area (Å²) in [5.41, 5.74) is 0.181. The van der Waals surface area contributed by atoms with Crippen molar-refractivity contribution in [1.82, 2.24) is 0 Å². The lowest BCUT2D eigenvalue weighted by Crippen LogP contribution is -2.60. The highest BCUT2D eigenvalue weighted by Crippen LogP contribution is 2.67. The van der Waals surface area contributed by atoms with Gasteiger partial charge in [0.25, 0.3) is 0 Å². The van der Waals surface area contributed by atoms with Gasteiger partial charge in [-0.3, -0.25) is 4.79 Å². The van der Waals surface area contributed by atoms with E-state index in [4.69, 9.17) is 9.47 Å². The smallest absolute Gasteiger partial charge is 0.337 e. The van der Waals surface area contributed by atoms with Crippen LogP contribution in [-0.2, 0) is 23.8 Å². The zero-order chi connectivity index (χ0) is 26.7. The highest BCUT2D eigenvalue weighted by Gasteiger charge is 2.61. The molecule has 0 aromatic carbocycles. The van der Waals surface area contributed by atoms with Gasteiger partial charge in [0.2, 0.25) is 0 Å². The average Bonchev–Trinajstić information content (AvgIpc) is 3.24. The molecule has 37 heavy (non-hydrogen) atoms. The van der Waals surface area contributed by atoms with Crippen molar-refractivity contribution in [1.29, 1.82) is 0 Å². The van der Waals surface area contributed by atoms with Crippen LogP contribution in [0.15, 0.2) is 0 Å². The fourth-order valence-electron chi connectivity index (χ4n) is 9.33. The third-order valence-electron chi connectivity index (χ3n) is 11.4. The van der Waals surface area contributed by atoms with Crippen molar-refractivity contribution in [2.45, 2.75) is 108 Å². The first-order valence-electron chi connectivity index (χ1n) is 14.1. The normalized spacial score (nSPS) is 51.5. The van der Waals surface area contributed by atoms with E-state index >= 15 is 0 Å². The van der Waals surface area contributed by atoms with Crippen molar-refractivity contribution < 1.29 is 44.2 Å². The number of ketones is 1. The molecule has 1 aliphatic heterocycles. The molecule has 5 aliphatic rings. The lowest BCUT2D eigenvalue weighted by atomic mass is 9.44. The van der Waals surface area contributed by atoms with Crippen LogP contribution < -0.4 is 0 Å². The summed E-state index contributed by atoms with van der Waals surface area (Å²) < 4.78 is 15.6. The second kappa shape index (κ2) is 10.1. The molecular weight excluding hydrogens is 480 g/mol. The molecule has 0 aromatic heterocycles. The van der Waals surface area contributed by atoms with Crippen LogP contribution in [0.1, 0.15) is 71.6 Å². The van der Waals surface area contributed by atoms with Crippen molar-refractivity contribution in [2.24, 2.45) is 40.4 Å². The first kappa shape index (κ1) is 27.5. The van der Waals surface area contributed by atoms with Crippen LogP contribution in [-0.4, -0.2) is 82.7 Å². The van der Waals surface area contributed by atoms with Crippen LogP contribution >= 0.6 is 0 Å². The van der Waals surface area contributed by atoms with Crippen LogP contribution in [0.2, 0.25) is 0 Å². The van der Waals surface area contributed by atoms with Gasteiger partial charge in [-0.25, -0.2) is 4.79 Å². The van der Waals surface area contributed by atoms with Crippen LogP contribution in [0.25, 0.3) is 0 Å². The predicted octanol–water partition coefficient (Wildman–Crippen LogP) is 1.57. The van der Waals surface area contributed by atoms with Gasteiger partial charge < -0.3 is 34.6 Å². The van der Waals surface area contributed by atoms with E-state index in [1.165, 1.54) is 6.42 Å². The predicted molar refractivity (Wildman–Crippen MR) is 131 cm³/mol. The number of esters is 1. The second-order valence-electron chi connectivity index (χ2n) is 13.0. The molecule has 0 spiro atoms. The molecule has 1 heterocycles. The standard InChI is InChI=1S/C28H44O9/c1-27-10-8-15(29)12-14(27)4-5-16-17-6-7-19(28(17,2)11-9-18(16)27)20(30)13-36-26-23(33)21(31)22(32)24(37-26)25(34)35-3/h14-19,21-24,26,29,31-33H,4-13H2,1-3H3/t14-,15-,16+,17-,18+,19+,21-,22-,23+,24-,26+,27+,28-/m1/s1. The van der Waals surface area contributed by atoms with Crippen LogP contribution in [0.5, 0.6) is 0 Å². The molecule has 4 N–H and O–H groups in total. The Morgan fingerprint density at radius 3 is 2.30 bits per heavy atom. The second-order valence-corrected chi connectivity index (χ2v) is 13.0. The van der Waals surface area contributed by atoms with Gasteiger partial charge in [0.05, 0.1) is 13.2 Å². The summed E-state index contributed by atoms with van der Waals surface area (Å²) in [6.07, 6.45) is 1.18. The Bertz CT molecular complexity index is 880. The number of fused-ring (bicyclic) bond motifs is 5. The minimum absolute atomic E-state index is 0.0461. The molecule has 0 amide bonds. The number of aliphatic hydroxyl groups excluding tert-OH is 4. The van der Waals surface area contributed by atoms with Crippen molar-refractivity contribution in [3.05, 3.63) is 0 Å². The van der Waals surface area contributed by atoms with Crippen molar-refractivity contribution in [3.8, 4) is 0 Å². The first-order chi connectivity index (χ1) is 17.5. The molecule has 13 atom stereocenters. The van der Waals surface area contributed by atoms with Gasteiger partial charge in [-0.1, -0.05) is 13.8 Å². The van der Waals surface area contributed by atoms with Gasteiger partial charge in [0, 0.05) is 5.92 Å². The number of carbonyl (C=O) groups is 2.